The summed E-state index contributed by atoms with van der Waals surface area (Å²) in [6.07, 6.45) is 0. The lowest BCUT2D eigenvalue weighted by Gasteiger charge is -2.23. The number of hydrogen-bond acceptors (Lipinski definition) is 3. The number of nitrogens with one attached hydrogen (secondary N) is 1. The topological polar surface area (TPSA) is 58.3 Å². The second-order valence-electron chi connectivity index (χ2n) is 6.29. The average Bonchev–Trinajstić information content (AvgIpc) is 2.40. The molecule has 4 N–H and O–H groups in total. The molecule has 0 bridgehead atoms. The van der Waals surface area contributed by atoms with Crippen molar-refractivity contribution >= 4 is 17.3 Å². The third kappa shape index (κ3) is 3.14. The van der Waals surface area contributed by atoms with Crippen molar-refractivity contribution in [3.63, 3.8) is 0 Å². The van der Waals surface area contributed by atoms with E-state index in [1.165, 1.54) is 0 Å². The number of phenolic OH excluding ortho intramolecular Hbond substituents is 1. The predicted molar refractivity (Wildman–Crippen MR) is 89.8 cm³/mol. The zero-order valence-corrected chi connectivity index (χ0v) is 13.5. The lowest BCUT2D eigenvalue weighted by atomic mass is 9.83. The molecule has 0 spiro atoms. The highest BCUT2D eigenvalue weighted by Gasteiger charge is 2.22. The molecule has 4 heteroatoms. The second kappa shape index (κ2) is 5.58. The maximum Gasteiger partial charge on any atom is 0.127 e. The standard InChI is InChI=1S/C17H21ClN2O/c1-10-7-13(16(21)14(8-10)17(2,3)4)12-6-5-11(18)9-15(12)20-19/h5-9,20-21H,19H2,1-4H3. The number of hydrogen-bond donors (Lipinski definition) is 3. The fraction of sp³-hybridized carbons (Fsp3) is 0.294. The molecular weight excluding hydrogens is 284 g/mol. The highest BCUT2D eigenvalue weighted by Crippen LogP contribution is 2.42. The van der Waals surface area contributed by atoms with Gasteiger partial charge in [-0.3, -0.25) is 5.84 Å². The highest BCUT2D eigenvalue weighted by atomic mass is 35.5. The summed E-state index contributed by atoms with van der Waals surface area (Å²) < 4.78 is 0. The summed E-state index contributed by atoms with van der Waals surface area (Å²) >= 11 is 6.00. The number of nitrogens with two attached hydrogens (primary N) is 1. The van der Waals surface area contributed by atoms with E-state index in [4.69, 9.17) is 17.4 Å². The van der Waals surface area contributed by atoms with Crippen LogP contribution in [-0.2, 0) is 5.41 Å². The summed E-state index contributed by atoms with van der Waals surface area (Å²) in [5.74, 6) is 5.86. The van der Waals surface area contributed by atoms with Gasteiger partial charge in [0.2, 0.25) is 0 Å². The molecule has 2 rings (SSSR count). The fourth-order valence-electron chi connectivity index (χ4n) is 2.43. The maximum atomic E-state index is 10.7. The molecule has 0 aromatic heterocycles. The zero-order valence-electron chi connectivity index (χ0n) is 12.8. The SMILES string of the molecule is Cc1cc(-c2ccc(Cl)cc2NN)c(O)c(C(C)(C)C)c1. The average molecular weight is 305 g/mol. The second-order valence-corrected chi connectivity index (χ2v) is 6.73. The van der Waals surface area contributed by atoms with Crippen LogP contribution in [0, 0.1) is 6.92 Å². The number of nitrogen functional groups attached to an aromatic ring is 1. The van der Waals surface area contributed by atoms with Gasteiger partial charge in [0.25, 0.3) is 0 Å². The van der Waals surface area contributed by atoms with Crippen LogP contribution in [0.2, 0.25) is 5.02 Å². The molecule has 0 fully saturated rings. The van der Waals surface area contributed by atoms with Crippen LogP contribution in [0.15, 0.2) is 30.3 Å². The number of hydrazine groups is 1. The minimum absolute atomic E-state index is 0.145. The Morgan fingerprint density at radius 3 is 2.33 bits per heavy atom. The molecule has 112 valence electrons. The minimum Gasteiger partial charge on any atom is -0.507 e. The maximum absolute atomic E-state index is 10.7. The van der Waals surface area contributed by atoms with Gasteiger partial charge in [-0.1, -0.05) is 44.5 Å². The smallest absolute Gasteiger partial charge is 0.127 e. The van der Waals surface area contributed by atoms with E-state index >= 15 is 0 Å². The third-order valence-electron chi connectivity index (χ3n) is 3.49. The number of benzene rings is 2. The Morgan fingerprint density at radius 1 is 1.10 bits per heavy atom. The molecule has 0 aliphatic carbocycles. The van der Waals surface area contributed by atoms with Gasteiger partial charge in [0.1, 0.15) is 5.75 Å². The molecule has 3 nitrogen and oxygen atoms in total. The summed E-state index contributed by atoms with van der Waals surface area (Å²) in [6.45, 7) is 8.25. The Labute approximate surface area is 130 Å². The van der Waals surface area contributed by atoms with E-state index in [1.54, 1.807) is 12.1 Å². The Hall–Kier alpha value is -1.71. The monoisotopic (exact) mass is 304 g/mol. The van der Waals surface area contributed by atoms with Gasteiger partial charge in [-0.2, -0.15) is 0 Å². The van der Waals surface area contributed by atoms with Crippen molar-refractivity contribution in [3.05, 3.63) is 46.5 Å². The molecule has 0 saturated heterocycles. The first-order chi connectivity index (χ1) is 9.74. The van der Waals surface area contributed by atoms with E-state index in [-0.39, 0.29) is 11.2 Å². The Balaban J connectivity index is 2.73. The molecule has 2 aromatic carbocycles. The van der Waals surface area contributed by atoms with Gasteiger partial charge in [-0.05, 0) is 36.1 Å². The van der Waals surface area contributed by atoms with Crippen molar-refractivity contribution in [1.29, 1.82) is 0 Å². The number of halogens is 1. The van der Waals surface area contributed by atoms with Crippen LogP contribution >= 0.6 is 11.6 Å². The van der Waals surface area contributed by atoms with Crippen molar-refractivity contribution in [2.45, 2.75) is 33.1 Å². The molecule has 2 aromatic rings. The van der Waals surface area contributed by atoms with Crippen molar-refractivity contribution in [2.75, 3.05) is 5.43 Å². The van der Waals surface area contributed by atoms with Gasteiger partial charge >= 0.3 is 0 Å². The molecule has 0 saturated carbocycles. The number of anilines is 1. The largest absolute Gasteiger partial charge is 0.507 e. The van der Waals surface area contributed by atoms with Crippen LogP contribution in [0.5, 0.6) is 5.75 Å². The summed E-state index contributed by atoms with van der Waals surface area (Å²) in [6, 6.07) is 9.36. The van der Waals surface area contributed by atoms with Gasteiger partial charge in [0.05, 0.1) is 5.69 Å². The number of aryl methyl sites for hydroxylation is 1. The van der Waals surface area contributed by atoms with Crippen LogP contribution in [0.1, 0.15) is 31.9 Å². The molecule has 0 unspecified atom stereocenters. The zero-order chi connectivity index (χ0) is 15.8. The molecular formula is C17H21ClN2O. The number of phenols is 1. The predicted octanol–water partition coefficient (Wildman–Crippen LogP) is 4.60. The minimum atomic E-state index is -0.145. The molecule has 0 heterocycles. The van der Waals surface area contributed by atoms with Crippen molar-refractivity contribution in [1.82, 2.24) is 0 Å². The van der Waals surface area contributed by atoms with Crippen molar-refractivity contribution in [2.24, 2.45) is 5.84 Å². The van der Waals surface area contributed by atoms with Crippen LogP contribution in [0.25, 0.3) is 11.1 Å². The van der Waals surface area contributed by atoms with Crippen LogP contribution in [-0.4, -0.2) is 5.11 Å². The van der Waals surface area contributed by atoms with Gasteiger partial charge in [0, 0.05) is 21.7 Å². The first-order valence-electron chi connectivity index (χ1n) is 6.84. The van der Waals surface area contributed by atoms with Gasteiger partial charge in [0.15, 0.2) is 0 Å². The molecule has 0 atom stereocenters. The van der Waals surface area contributed by atoms with Crippen molar-refractivity contribution in [3.8, 4) is 16.9 Å². The summed E-state index contributed by atoms with van der Waals surface area (Å²) in [5.41, 5.74) is 6.77. The molecule has 21 heavy (non-hydrogen) atoms. The van der Waals surface area contributed by atoms with E-state index in [0.29, 0.717) is 10.7 Å². The van der Waals surface area contributed by atoms with Crippen LogP contribution < -0.4 is 11.3 Å². The summed E-state index contributed by atoms with van der Waals surface area (Å²) in [7, 11) is 0. The van der Waals surface area contributed by atoms with Gasteiger partial charge < -0.3 is 10.5 Å². The first-order valence-corrected chi connectivity index (χ1v) is 7.22. The highest BCUT2D eigenvalue weighted by molar-refractivity contribution is 6.31. The van der Waals surface area contributed by atoms with Crippen LogP contribution in [0.3, 0.4) is 0 Å². The van der Waals surface area contributed by atoms with E-state index in [9.17, 15) is 5.11 Å². The normalized spacial score (nSPS) is 11.5. The molecule has 0 aliphatic heterocycles. The number of aromatic hydroxyl groups is 1. The molecule has 0 aliphatic rings. The lowest BCUT2D eigenvalue weighted by molar-refractivity contribution is 0.448. The van der Waals surface area contributed by atoms with Crippen molar-refractivity contribution < 1.29 is 5.11 Å². The Kier molecular flexibility index (Phi) is 4.17. The Morgan fingerprint density at radius 2 is 1.76 bits per heavy atom. The van der Waals surface area contributed by atoms with Gasteiger partial charge in [-0.15, -0.1) is 0 Å². The molecule has 0 amide bonds. The van der Waals surface area contributed by atoms with E-state index in [0.717, 1.165) is 22.3 Å². The van der Waals surface area contributed by atoms with Gasteiger partial charge in [-0.25, -0.2) is 0 Å². The lowest BCUT2D eigenvalue weighted by Crippen LogP contribution is -2.12. The van der Waals surface area contributed by atoms with E-state index in [1.807, 2.05) is 25.1 Å². The number of rotatable bonds is 2. The summed E-state index contributed by atoms with van der Waals surface area (Å²) in [4.78, 5) is 0. The fourth-order valence-corrected chi connectivity index (χ4v) is 2.60. The van der Waals surface area contributed by atoms with E-state index in [2.05, 4.69) is 26.2 Å². The molecule has 0 radical (unpaired) electrons. The quantitative estimate of drug-likeness (QED) is 0.561. The first kappa shape index (κ1) is 15.7. The third-order valence-corrected chi connectivity index (χ3v) is 3.72. The van der Waals surface area contributed by atoms with Crippen LogP contribution in [0.4, 0.5) is 5.69 Å². The Bertz CT molecular complexity index is 675. The van der Waals surface area contributed by atoms with E-state index < -0.39 is 0 Å². The summed E-state index contributed by atoms with van der Waals surface area (Å²) in [5, 5.41) is 11.3.